The van der Waals surface area contributed by atoms with Gasteiger partial charge in [0, 0.05) is 24.2 Å². The zero-order valence-corrected chi connectivity index (χ0v) is 18.2. The first-order valence-electron chi connectivity index (χ1n) is 7.44. The molecule has 23 heavy (non-hydrogen) atoms. The summed E-state index contributed by atoms with van der Waals surface area (Å²) in [7, 11) is -2.92. The monoisotopic (exact) mass is 473 g/mol. The first-order valence-corrected chi connectivity index (χ1v) is 10.4. The third kappa shape index (κ3) is 10.9. The van der Waals surface area contributed by atoms with Gasteiger partial charge in [0.15, 0.2) is 5.96 Å². The second-order valence-corrected chi connectivity index (χ2v) is 9.46. The molecule has 0 spiro atoms. The van der Waals surface area contributed by atoms with Crippen molar-refractivity contribution in [3.05, 3.63) is 22.4 Å². The van der Waals surface area contributed by atoms with Gasteiger partial charge in [0.2, 0.25) is 0 Å². The molecule has 1 heterocycles. The molecule has 0 bridgehead atoms. The molecular weight excluding hydrogens is 445 g/mol. The molecule has 0 saturated carbocycles. The van der Waals surface area contributed by atoms with Crippen LogP contribution in [0.15, 0.2) is 22.5 Å². The number of halogens is 1. The van der Waals surface area contributed by atoms with Crippen LogP contribution in [0.3, 0.4) is 0 Å². The van der Waals surface area contributed by atoms with Crippen LogP contribution in [0.4, 0.5) is 0 Å². The number of rotatable bonds is 8. The van der Waals surface area contributed by atoms with Gasteiger partial charge in [-0.2, -0.15) is 0 Å². The van der Waals surface area contributed by atoms with Crippen LogP contribution in [-0.2, 0) is 16.4 Å². The van der Waals surface area contributed by atoms with Gasteiger partial charge in [-0.3, -0.25) is 0 Å². The molecule has 0 aromatic carbocycles. The van der Waals surface area contributed by atoms with E-state index in [9.17, 15) is 8.42 Å². The Labute approximate surface area is 161 Å². The fourth-order valence-corrected chi connectivity index (χ4v) is 3.33. The Balaban J connectivity index is 0.00000484. The third-order valence-electron chi connectivity index (χ3n) is 3.20. The summed E-state index contributed by atoms with van der Waals surface area (Å²) in [4.78, 5) is 5.77. The summed E-state index contributed by atoms with van der Waals surface area (Å²) < 4.78 is 22.6. The second-order valence-electron chi connectivity index (χ2n) is 6.17. The van der Waals surface area contributed by atoms with Crippen molar-refractivity contribution in [1.29, 1.82) is 0 Å². The quantitative estimate of drug-likeness (QED) is 0.346. The third-order valence-corrected chi connectivity index (χ3v) is 5.01. The molecule has 8 heteroatoms. The molecule has 5 nitrogen and oxygen atoms in total. The van der Waals surface area contributed by atoms with E-state index in [2.05, 4.69) is 35.5 Å². The summed E-state index contributed by atoms with van der Waals surface area (Å²) in [6, 6.07) is 4.08. The highest BCUT2D eigenvalue weighted by molar-refractivity contribution is 14.0. The minimum atomic E-state index is -2.92. The van der Waals surface area contributed by atoms with Crippen LogP contribution in [0.25, 0.3) is 0 Å². The average molecular weight is 473 g/mol. The minimum absolute atomic E-state index is 0. The Morgan fingerprint density at radius 3 is 2.57 bits per heavy atom. The number of sulfone groups is 1. The Morgan fingerprint density at radius 2 is 2.04 bits per heavy atom. The predicted octanol–water partition coefficient (Wildman–Crippen LogP) is 2.88. The number of aliphatic imine (C=N–C) groups is 1. The van der Waals surface area contributed by atoms with E-state index in [0.717, 1.165) is 12.5 Å². The largest absolute Gasteiger partial charge is 0.357 e. The van der Waals surface area contributed by atoms with Crippen LogP contribution in [0.2, 0.25) is 0 Å². The molecule has 0 aliphatic rings. The maximum atomic E-state index is 11.3. The number of nitrogens with one attached hydrogen (secondary N) is 2. The van der Waals surface area contributed by atoms with Crippen LogP contribution in [0, 0.1) is 5.41 Å². The summed E-state index contributed by atoms with van der Waals surface area (Å²) in [5.74, 6) is 0.980. The number of nitrogens with zero attached hydrogens (tertiary/aromatic N) is 1. The van der Waals surface area contributed by atoms with Crippen LogP contribution >= 0.6 is 35.3 Å². The molecule has 2 N–H and O–H groups in total. The maximum Gasteiger partial charge on any atom is 0.191 e. The van der Waals surface area contributed by atoms with Gasteiger partial charge in [-0.1, -0.05) is 19.9 Å². The molecule has 1 aromatic rings. The lowest BCUT2D eigenvalue weighted by molar-refractivity contribution is 0.348. The molecule has 0 fully saturated rings. The van der Waals surface area contributed by atoms with E-state index < -0.39 is 9.84 Å². The Kier molecular flexibility index (Phi) is 10.3. The van der Waals surface area contributed by atoms with Gasteiger partial charge in [-0.15, -0.1) is 35.3 Å². The van der Waals surface area contributed by atoms with Gasteiger partial charge in [0.1, 0.15) is 9.84 Å². The van der Waals surface area contributed by atoms with Crippen molar-refractivity contribution >= 4 is 51.1 Å². The molecule has 1 aromatic heterocycles. The summed E-state index contributed by atoms with van der Waals surface area (Å²) >= 11 is 1.69. The minimum Gasteiger partial charge on any atom is -0.357 e. The van der Waals surface area contributed by atoms with E-state index >= 15 is 0 Å². The van der Waals surface area contributed by atoms with E-state index in [1.807, 2.05) is 18.4 Å². The molecule has 1 rings (SSSR count). The van der Waals surface area contributed by atoms with Crippen LogP contribution in [0.5, 0.6) is 0 Å². The lowest BCUT2D eigenvalue weighted by Gasteiger charge is -2.25. The van der Waals surface area contributed by atoms with E-state index in [1.165, 1.54) is 11.1 Å². The summed E-state index contributed by atoms with van der Waals surface area (Å²) in [6.45, 7) is 8.27. The first-order chi connectivity index (χ1) is 10.2. The van der Waals surface area contributed by atoms with Gasteiger partial charge in [-0.25, -0.2) is 13.4 Å². The van der Waals surface area contributed by atoms with Crippen molar-refractivity contribution in [3.63, 3.8) is 0 Å². The average Bonchev–Trinajstić information content (AvgIpc) is 2.92. The molecule has 0 atom stereocenters. The zero-order chi connectivity index (χ0) is 16.6. The van der Waals surface area contributed by atoms with Crippen molar-refractivity contribution in [2.24, 2.45) is 10.4 Å². The smallest absolute Gasteiger partial charge is 0.191 e. The highest BCUT2D eigenvalue weighted by Gasteiger charge is 2.20. The van der Waals surface area contributed by atoms with Crippen LogP contribution in [-0.4, -0.2) is 39.5 Å². The van der Waals surface area contributed by atoms with Crippen molar-refractivity contribution in [3.8, 4) is 0 Å². The van der Waals surface area contributed by atoms with Gasteiger partial charge < -0.3 is 10.6 Å². The SMILES string of the molecule is CCNC(=NCc1cccs1)NCC(C)(C)CCS(C)(=O)=O.I. The van der Waals surface area contributed by atoms with Gasteiger partial charge in [0.25, 0.3) is 0 Å². The van der Waals surface area contributed by atoms with Crippen LogP contribution in [0.1, 0.15) is 32.1 Å². The van der Waals surface area contributed by atoms with Gasteiger partial charge in [-0.05, 0) is 30.2 Å². The molecule has 0 saturated heterocycles. The van der Waals surface area contributed by atoms with E-state index in [1.54, 1.807) is 11.3 Å². The molecule has 0 aliphatic carbocycles. The predicted molar refractivity (Wildman–Crippen MR) is 111 cm³/mol. The van der Waals surface area contributed by atoms with Crippen molar-refractivity contribution < 1.29 is 8.42 Å². The zero-order valence-electron chi connectivity index (χ0n) is 14.3. The van der Waals surface area contributed by atoms with Gasteiger partial charge >= 0.3 is 0 Å². The fourth-order valence-electron chi connectivity index (χ4n) is 1.77. The lowest BCUT2D eigenvalue weighted by Crippen LogP contribution is -2.42. The number of thiophene rings is 1. The number of hydrogen-bond acceptors (Lipinski definition) is 4. The lowest BCUT2D eigenvalue weighted by atomic mass is 9.90. The fraction of sp³-hybridized carbons (Fsp3) is 0.667. The molecular formula is C15H28IN3O2S2. The highest BCUT2D eigenvalue weighted by atomic mass is 127. The molecule has 0 radical (unpaired) electrons. The Bertz CT molecular complexity index is 570. The van der Waals surface area contributed by atoms with Crippen molar-refractivity contribution in [1.82, 2.24) is 10.6 Å². The topological polar surface area (TPSA) is 70.6 Å². The Hall–Kier alpha value is -0.350. The van der Waals surface area contributed by atoms with Gasteiger partial charge in [0.05, 0.1) is 12.3 Å². The normalized spacial score (nSPS) is 12.6. The molecule has 134 valence electrons. The van der Waals surface area contributed by atoms with Crippen molar-refractivity contribution in [2.45, 2.75) is 33.7 Å². The highest BCUT2D eigenvalue weighted by Crippen LogP contribution is 2.19. The number of hydrogen-bond donors (Lipinski definition) is 2. The molecule has 0 unspecified atom stereocenters. The van der Waals surface area contributed by atoms with E-state index in [0.29, 0.717) is 19.5 Å². The van der Waals surface area contributed by atoms with Crippen molar-refractivity contribution in [2.75, 3.05) is 25.1 Å². The summed E-state index contributed by atoms with van der Waals surface area (Å²) in [6.07, 6.45) is 1.91. The molecule has 0 amide bonds. The Morgan fingerprint density at radius 1 is 1.35 bits per heavy atom. The number of guanidine groups is 1. The standard InChI is InChI=1S/C15H27N3O2S2.HI/c1-5-16-14(17-11-13-7-6-9-21-13)18-12-15(2,3)8-10-22(4,19)20;/h6-7,9H,5,8,10-12H2,1-4H3,(H2,16,17,18);1H. The summed E-state index contributed by atoms with van der Waals surface area (Å²) in [5, 5.41) is 8.56. The second kappa shape index (κ2) is 10.5. The van der Waals surface area contributed by atoms with E-state index in [4.69, 9.17) is 0 Å². The summed E-state index contributed by atoms with van der Waals surface area (Å²) in [5.41, 5.74) is -0.109. The first kappa shape index (κ1) is 22.6. The van der Waals surface area contributed by atoms with Crippen LogP contribution < -0.4 is 10.6 Å². The van der Waals surface area contributed by atoms with E-state index in [-0.39, 0.29) is 35.1 Å². The maximum absolute atomic E-state index is 11.3. The molecule has 0 aliphatic heterocycles.